The summed E-state index contributed by atoms with van der Waals surface area (Å²) < 4.78 is 22.3. The van der Waals surface area contributed by atoms with Gasteiger partial charge in [-0.15, -0.1) is 0 Å². The van der Waals surface area contributed by atoms with E-state index in [0.717, 1.165) is 12.7 Å². The van der Waals surface area contributed by atoms with Crippen molar-refractivity contribution in [3.8, 4) is 0 Å². The van der Waals surface area contributed by atoms with Crippen LogP contribution in [-0.2, 0) is 14.6 Å². The summed E-state index contributed by atoms with van der Waals surface area (Å²) in [5.41, 5.74) is -0.393. The molecule has 2 atom stereocenters. The molecule has 90 valence electrons. The standard InChI is InChI=1S/C9H18BrNO3S/c1-5-9(3,6-10)11-8(12)7(2)15(4,13)14/h7H,5-6H2,1-4H3,(H,11,12). The van der Waals surface area contributed by atoms with E-state index in [4.69, 9.17) is 0 Å². The van der Waals surface area contributed by atoms with Crippen molar-refractivity contribution in [2.45, 2.75) is 38.0 Å². The lowest BCUT2D eigenvalue weighted by Gasteiger charge is -2.28. The number of sulfone groups is 1. The Morgan fingerprint density at radius 2 is 2.00 bits per heavy atom. The molecule has 0 aliphatic carbocycles. The van der Waals surface area contributed by atoms with Crippen LogP contribution in [0.1, 0.15) is 27.2 Å². The first-order chi connectivity index (χ1) is 6.66. The highest BCUT2D eigenvalue weighted by Crippen LogP contribution is 2.13. The highest BCUT2D eigenvalue weighted by Gasteiger charge is 2.29. The fraction of sp³-hybridized carbons (Fsp3) is 0.889. The first-order valence-corrected chi connectivity index (χ1v) is 7.80. The van der Waals surface area contributed by atoms with Crippen molar-refractivity contribution in [3.63, 3.8) is 0 Å². The maximum absolute atomic E-state index is 11.6. The van der Waals surface area contributed by atoms with Gasteiger partial charge in [0.2, 0.25) is 5.91 Å². The Balaban J connectivity index is 4.64. The third-order valence-electron chi connectivity index (χ3n) is 2.51. The molecule has 0 saturated carbocycles. The fourth-order valence-corrected chi connectivity index (χ4v) is 1.79. The Kier molecular flexibility index (Phi) is 5.26. The van der Waals surface area contributed by atoms with Crippen molar-refractivity contribution in [1.82, 2.24) is 5.32 Å². The van der Waals surface area contributed by atoms with Crippen LogP contribution >= 0.6 is 15.9 Å². The maximum atomic E-state index is 11.6. The van der Waals surface area contributed by atoms with Crippen LogP contribution in [-0.4, -0.2) is 36.7 Å². The molecule has 0 spiro atoms. The molecule has 2 unspecified atom stereocenters. The molecular weight excluding hydrogens is 282 g/mol. The van der Waals surface area contributed by atoms with E-state index in [1.807, 2.05) is 13.8 Å². The summed E-state index contributed by atoms with van der Waals surface area (Å²) in [4.78, 5) is 11.6. The number of halogens is 1. The first kappa shape index (κ1) is 14.9. The molecule has 0 aromatic rings. The van der Waals surface area contributed by atoms with E-state index < -0.39 is 26.5 Å². The summed E-state index contributed by atoms with van der Waals surface area (Å²) >= 11 is 3.30. The molecule has 0 radical (unpaired) electrons. The molecule has 1 N–H and O–H groups in total. The van der Waals surface area contributed by atoms with Crippen molar-refractivity contribution in [2.75, 3.05) is 11.6 Å². The van der Waals surface area contributed by atoms with Crippen LogP contribution in [0.3, 0.4) is 0 Å². The Morgan fingerprint density at radius 3 is 2.27 bits per heavy atom. The molecule has 0 aliphatic rings. The van der Waals surface area contributed by atoms with Crippen LogP contribution in [0, 0.1) is 0 Å². The van der Waals surface area contributed by atoms with Crippen molar-refractivity contribution < 1.29 is 13.2 Å². The summed E-state index contributed by atoms with van der Waals surface area (Å²) in [5, 5.41) is 2.33. The molecule has 0 saturated heterocycles. The minimum absolute atomic E-state index is 0.393. The number of hydrogen-bond acceptors (Lipinski definition) is 3. The number of hydrogen-bond donors (Lipinski definition) is 1. The second kappa shape index (κ2) is 5.30. The fourth-order valence-electron chi connectivity index (χ4n) is 0.810. The van der Waals surface area contributed by atoms with Crippen molar-refractivity contribution >= 4 is 31.7 Å². The van der Waals surface area contributed by atoms with Gasteiger partial charge in [-0.25, -0.2) is 8.42 Å². The van der Waals surface area contributed by atoms with Crippen LogP contribution in [0.25, 0.3) is 0 Å². The van der Waals surface area contributed by atoms with E-state index in [1.54, 1.807) is 0 Å². The van der Waals surface area contributed by atoms with Crippen LogP contribution in [0.5, 0.6) is 0 Å². The van der Waals surface area contributed by atoms with Gasteiger partial charge in [-0.3, -0.25) is 4.79 Å². The molecule has 0 aromatic carbocycles. The third kappa shape index (κ3) is 4.51. The van der Waals surface area contributed by atoms with Gasteiger partial charge in [0.25, 0.3) is 0 Å². The number of carbonyl (C=O) groups excluding carboxylic acids is 1. The normalized spacial score (nSPS) is 17.9. The minimum atomic E-state index is -3.32. The average molecular weight is 300 g/mol. The van der Waals surface area contributed by atoms with Gasteiger partial charge in [-0.2, -0.15) is 0 Å². The molecule has 15 heavy (non-hydrogen) atoms. The van der Waals surface area contributed by atoms with Crippen molar-refractivity contribution in [2.24, 2.45) is 0 Å². The summed E-state index contributed by atoms with van der Waals surface area (Å²) in [6, 6.07) is 0. The van der Waals surface area contributed by atoms with Crippen molar-refractivity contribution in [3.05, 3.63) is 0 Å². The zero-order chi connectivity index (χ0) is 12.3. The summed E-state index contributed by atoms with van der Waals surface area (Å²) in [6.45, 7) is 5.20. The summed E-state index contributed by atoms with van der Waals surface area (Å²) in [6.07, 6.45) is 1.80. The Bertz CT molecular complexity index is 322. The van der Waals surface area contributed by atoms with Crippen LogP contribution in [0.2, 0.25) is 0 Å². The highest BCUT2D eigenvalue weighted by molar-refractivity contribution is 9.09. The molecule has 0 fully saturated rings. The van der Waals surface area contributed by atoms with E-state index in [1.165, 1.54) is 6.92 Å². The molecule has 0 aromatic heterocycles. The Labute approximate surface area is 99.9 Å². The number of amides is 1. The monoisotopic (exact) mass is 299 g/mol. The van der Waals surface area contributed by atoms with Crippen LogP contribution in [0.15, 0.2) is 0 Å². The smallest absolute Gasteiger partial charge is 0.238 e. The number of rotatable bonds is 5. The number of carbonyl (C=O) groups is 1. The molecule has 0 rings (SSSR count). The lowest BCUT2D eigenvalue weighted by atomic mass is 10.0. The van der Waals surface area contributed by atoms with Gasteiger partial charge < -0.3 is 5.32 Å². The average Bonchev–Trinajstić information content (AvgIpc) is 2.15. The van der Waals surface area contributed by atoms with Gasteiger partial charge in [0, 0.05) is 17.1 Å². The molecule has 4 nitrogen and oxygen atoms in total. The van der Waals surface area contributed by atoms with Gasteiger partial charge in [-0.1, -0.05) is 22.9 Å². The number of nitrogens with one attached hydrogen (secondary N) is 1. The van der Waals surface area contributed by atoms with E-state index in [2.05, 4.69) is 21.2 Å². The largest absolute Gasteiger partial charge is 0.349 e. The summed E-state index contributed by atoms with van der Waals surface area (Å²) in [7, 11) is -3.32. The molecule has 0 aliphatic heterocycles. The molecule has 1 amide bonds. The van der Waals surface area contributed by atoms with Gasteiger partial charge >= 0.3 is 0 Å². The predicted octanol–water partition coefficient (Wildman–Crippen LogP) is 1.10. The van der Waals surface area contributed by atoms with E-state index in [9.17, 15) is 13.2 Å². The van der Waals surface area contributed by atoms with E-state index in [-0.39, 0.29) is 0 Å². The summed E-state index contributed by atoms with van der Waals surface area (Å²) in [5.74, 6) is -0.443. The minimum Gasteiger partial charge on any atom is -0.349 e. The zero-order valence-corrected chi connectivity index (χ0v) is 11.9. The molecular formula is C9H18BrNO3S. The molecule has 0 heterocycles. The second-order valence-corrected chi connectivity index (χ2v) is 6.94. The quantitative estimate of drug-likeness (QED) is 0.773. The first-order valence-electron chi connectivity index (χ1n) is 4.73. The Hall–Kier alpha value is -0.100. The lowest BCUT2D eigenvalue weighted by molar-refractivity contribution is -0.121. The van der Waals surface area contributed by atoms with Gasteiger partial charge in [0.1, 0.15) is 5.25 Å². The predicted molar refractivity (Wildman–Crippen MR) is 64.9 cm³/mol. The van der Waals surface area contributed by atoms with Crippen molar-refractivity contribution in [1.29, 1.82) is 0 Å². The third-order valence-corrected chi connectivity index (χ3v) is 5.25. The zero-order valence-electron chi connectivity index (χ0n) is 9.50. The molecule has 0 bridgehead atoms. The second-order valence-electron chi connectivity index (χ2n) is 4.01. The lowest BCUT2D eigenvalue weighted by Crippen LogP contribution is -2.51. The highest BCUT2D eigenvalue weighted by atomic mass is 79.9. The maximum Gasteiger partial charge on any atom is 0.238 e. The van der Waals surface area contributed by atoms with E-state index in [0.29, 0.717) is 5.33 Å². The van der Waals surface area contributed by atoms with Crippen LogP contribution in [0.4, 0.5) is 0 Å². The van der Waals surface area contributed by atoms with Gasteiger partial charge in [0.15, 0.2) is 9.84 Å². The number of alkyl halides is 1. The SMILES string of the molecule is CCC(C)(CBr)NC(=O)C(C)S(C)(=O)=O. The molecule has 6 heteroatoms. The topological polar surface area (TPSA) is 63.2 Å². The van der Waals surface area contributed by atoms with Gasteiger partial charge in [-0.05, 0) is 20.3 Å². The van der Waals surface area contributed by atoms with Gasteiger partial charge in [0.05, 0.1) is 0 Å². The van der Waals surface area contributed by atoms with E-state index >= 15 is 0 Å². The van der Waals surface area contributed by atoms with Crippen LogP contribution < -0.4 is 5.32 Å². The Morgan fingerprint density at radius 1 is 1.53 bits per heavy atom.